The highest BCUT2D eigenvalue weighted by atomic mass is 16.5. The molecule has 8 heteroatoms. The van der Waals surface area contributed by atoms with Gasteiger partial charge in [0, 0.05) is 17.5 Å². The van der Waals surface area contributed by atoms with E-state index < -0.39 is 11.9 Å². The van der Waals surface area contributed by atoms with E-state index in [1.807, 2.05) is 0 Å². The molecule has 0 aliphatic heterocycles. The standard InChI is InChI=1S/C27H24O8/c1-32-18-10-16(11-19(12-18)33-2)21(13-24(30)34-3)25-23(29)9-8-20-26(31)22(14-35-27(20)25)15-4-6-17(28)7-5-15/h4-12,14,21,28-29H,13H2,1-3H3. The van der Waals surface area contributed by atoms with Crippen molar-refractivity contribution in [1.82, 2.24) is 0 Å². The van der Waals surface area contributed by atoms with Gasteiger partial charge in [-0.2, -0.15) is 0 Å². The third-order valence-electron chi connectivity index (χ3n) is 5.86. The number of methoxy groups -OCH3 is 3. The van der Waals surface area contributed by atoms with Crippen LogP contribution >= 0.6 is 0 Å². The average molecular weight is 476 g/mol. The van der Waals surface area contributed by atoms with Gasteiger partial charge in [0.2, 0.25) is 5.43 Å². The first-order valence-electron chi connectivity index (χ1n) is 10.7. The molecule has 1 unspecified atom stereocenters. The van der Waals surface area contributed by atoms with Crippen LogP contribution in [0.4, 0.5) is 0 Å². The topological polar surface area (TPSA) is 115 Å². The third kappa shape index (κ3) is 4.63. The summed E-state index contributed by atoms with van der Waals surface area (Å²) in [5, 5.41) is 20.7. The van der Waals surface area contributed by atoms with Crippen LogP contribution in [0.5, 0.6) is 23.0 Å². The largest absolute Gasteiger partial charge is 0.508 e. The molecule has 1 aromatic heterocycles. The number of aromatic hydroxyl groups is 2. The molecule has 0 fully saturated rings. The fourth-order valence-electron chi connectivity index (χ4n) is 4.06. The van der Waals surface area contributed by atoms with Crippen molar-refractivity contribution in [2.45, 2.75) is 12.3 Å². The predicted molar refractivity (Wildman–Crippen MR) is 129 cm³/mol. The number of rotatable bonds is 7. The van der Waals surface area contributed by atoms with Gasteiger partial charge in [-0.15, -0.1) is 0 Å². The number of carbonyl (C=O) groups is 1. The minimum Gasteiger partial charge on any atom is -0.508 e. The third-order valence-corrected chi connectivity index (χ3v) is 5.86. The second-order valence-electron chi connectivity index (χ2n) is 7.88. The maximum absolute atomic E-state index is 13.4. The molecule has 0 saturated carbocycles. The minimum atomic E-state index is -0.738. The monoisotopic (exact) mass is 476 g/mol. The summed E-state index contributed by atoms with van der Waals surface area (Å²) in [6.07, 6.45) is 1.17. The molecule has 0 saturated heterocycles. The van der Waals surface area contributed by atoms with E-state index in [1.54, 1.807) is 30.3 Å². The number of ether oxygens (including phenoxy) is 3. The Hall–Kier alpha value is -4.46. The van der Waals surface area contributed by atoms with Gasteiger partial charge in [-0.25, -0.2) is 0 Å². The van der Waals surface area contributed by atoms with Crippen molar-refractivity contribution in [3.05, 3.63) is 82.2 Å². The Morgan fingerprint density at radius 1 is 0.943 bits per heavy atom. The van der Waals surface area contributed by atoms with Crippen molar-refractivity contribution < 1.29 is 33.6 Å². The fraction of sp³-hybridized carbons (Fsp3) is 0.185. The van der Waals surface area contributed by atoms with Crippen molar-refractivity contribution in [1.29, 1.82) is 0 Å². The lowest BCUT2D eigenvalue weighted by molar-refractivity contribution is -0.140. The van der Waals surface area contributed by atoms with Crippen molar-refractivity contribution >= 4 is 16.9 Å². The number of esters is 1. The molecule has 35 heavy (non-hydrogen) atoms. The number of phenols is 2. The zero-order chi connectivity index (χ0) is 25.1. The van der Waals surface area contributed by atoms with E-state index in [0.29, 0.717) is 28.2 Å². The highest BCUT2D eigenvalue weighted by molar-refractivity contribution is 5.87. The summed E-state index contributed by atoms with van der Waals surface area (Å²) in [5.74, 6) is -0.344. The Kier molecular flexibility index (Phi) is 6.64. The van der Waals surface area contributed by atoms with Crippen LogP contribution in [0.3, 0.4) is 0 Å². The van der Waals surface area contributed by atoms with Crippen LogP contribution in [0.2, 0.25) is 0 Å². The number of carbonyl (C=O) groups excluding carboxylic acids is 1. The van der Waals surface area contributed by atoms with E-state index in [0.717, 1.165) is 0 Å². The van der Waals surface area contributed by atoms with Crippen LogP contribution in [-0.2, 0) is 9.53 Å². The second-order valence-corrected chi connectivity index (χ2v) is 7.88. The number of phenolic OH excluding ortho intramolecular Hbond substituents is 2. The van der Waals surface area contributed by atoms with Gasteiger partial charge in [0.25, 0.3) is 0 Å². The van der Waals surface area contributed by atoms with Crippen molar-refractivity contribution in [3.63, 3.8) is 0 Å². The van der Waals surface area contributed by atoms with E-state index in [2.05, 4.69) is 0 Å². The van der Waals surface area contributed by atoms with E-state index in [-0.39, 0.29) is 39.9 Å². The summed E-state index contributed by atoms with van der Waals surface area (Å²) in [6.45, 7) is 0. The minimum absolute atomic E-state index is 0.0745. The first kappa shape index (κ1) is 23.7. The highest BCUT2D eigenvalue weighted by Gasteiger charge is 2.27. The zero-order valence-electron chi connectivity index (χ0n) is 19.4. The Bertz CT molecular complexity index is 1410. The van der Waals surface area contributed by atoms with E-state index in [4.69, 9.17) is 18.6 Å². The maximum atomic E-state index is 13.4. The van der Waals surface area contributed by atoms with Gasteiger partial charge < -0.3 is 28.8 Å². The summed E-state index contributed by atoms with van der Waals surface area (Å²) in [4.78, 5) is 25.8. The van der Waals surface area contributed by atoms with Gasteiger partial charge in [-0.05, 0) is 47.5 Å². The molecule has 8 nitrogen and oxygen atoms in total. The van der Waals surface area contributed by atoms with Gasteiger partial charge in [-0.1, -0.05) is 12.1 Å². The molecule has 4 rings (SSSR count). The second kappa shape index (κ2) is 9.80. The summed E-state index contributed by atoms with van der Waals surface area (Å²) in [7, 11) is 4.29. The molecule has 1 atom stereocenters. The van der Waals surface area contributed by atoms with Gasteiger partial charge in [-0.3, -0.25) is 9.59 Å². The molecular formula is C27H24O8. The maximum Gasteiger partial charge on any atom is 0.306 e. The fourth-order valence-corrected chi connectivity index (χ4v) is 4.06. The van der Waals surface area contributed by atoms with Crippen molar-refractivity contribution in [2.75, 3.05) is 21.3 Å². The first-order valence-corrected chi connectivity index (χ1v) is 10.7. The number of benzene rings is 3. The summed E-state index contributed by atoms with van der Waals surface area (Å²) in [5.41, 5.74) is 1.54. The van der Waals surface area contributed by atoms with Gasteiger partial charge in [0.15, 0.2) is 0 Å². The number of hydrogen-bond donors (Lipinski definition) is 2. The average Bonchev–Trinajstić information content (AvgIpc) is 2.88. The molecule has 0 aliphatic rings. The Morgan fingerprint density at radius 3 is 2.20 bits per heavy atom. The lowest BCUT2D eigenvalue weighted by Crippen LogP contribution is -2.13. The molecular weight excluding hydrogens is 452 g/mol. The highest BCUT2D eigenvalue weighted by Crippen LogP contribution is 2.41. The normalized spacial score (nSPS) is 11.7. The molecule has 0 radical (unpaired) electrons. The summed E-state index contributed by atoms with van der Waals surface area (Å²) >= 11 is 0. The molecule has 180 valence electrons. The Labute approximate surface area is 200 Å². The SMILES string of the molecule is COC(=O)CC(c1cc(OC)cc(OC)c1)c1c(O)ccc2c(=O)c(-c3ccc(O)cc3)coc12. The molecule has 4 aromatic rings. The lowest BCUT2D eigenvalue weighted by Gasteiger charge is -2.21. The predicted octanol–water partition coefficient (Wildman–Crippen LogP) is 4.58. The smallest absolute Gasteiger partial charge is 0.306 e. The summed E-state index contributed by atoms with van der Waals surface area (Å²) in [6, 6.07) is 14.2. The Balaban J connectivity index is 1.96. The van der Waals surface area contributed by atoms with Crippen molar-refractivity contribution in [2.24, 2.45) is 0 Å². The quantitative estimate of drug-likeness (QED) is 0.372. The molecule has 1 heterocycles. The van der Waals surface area contributed by atoms with Crippen LogP contribution in [0.1, 0.15) is 23.5 Å². The van der Waals surface area contributed by atoms with Gasteiger partial charge >= 0.3 is 5.97 Å². The van der Waals surface area contributed by atoms with E-state index in [1.165, 1.54) is 51.9 Å². The van der Waals surface area contributed by atoms with Crippen molar-refractivity contribution in [3.8, 4) is 34.1 Å². The molecule has 0 spiro atoms. The van der Waals surface area contributed by atoms with Crippen LogP contribution < -0.4 is 14.9 Å². The number of fused-ring (bicyclic) bond motifs is 1. The first-order chi connectivity index (χ1) is 16.9. The van der Waals surface area contributed by atoms with Gasteiger partial charge in [0.05, 0.1) is 38.7 Å². The lowest BCUT2D eigenvalue weighted by atomic mass is 9.86. The summed E-state index contributed by atoms with van der Waals surface area (Å²) < 4.78 is 21.6. The number of hydrogen-bond acceptors (Lipinski definition) is 8. The van der Waals surface area contributed by atoms with Gasteiger partial charge in [0.1, 0.15) is 34.8 Å². The molecule has 2 N–H and O–H groups in total. The Morgan fingerprint density at radius 2 is 1.60 bits per heavy atom. The molecule has 0 bridgehead atoms. The van der Waals surface area contributed by atoms with E-state index >= 15 is 0 Å². The van der Waals surface area contributed by atoms with Crippen LogP contribution in [-0.4, -0.2) is 37.5 Å². The van der Waals surface area contributed by atoms with Crippen LogP contribution in [0, 0.1) is 0 Å². The van der Waals surface area contributed by atoms with E-state index in [9.17, 15) is 19.8 Å². The van der Waals surface area contributed by atoms with Crippen LogP contribution in [0.15, 0.2) is 70.1 Å². The molecule has 0 aliphatic carbocycles. The molecule has 0 amide bonds. The molecule has 3 aromatic carbocycles. The zero-order valence-corrected chi connectivity index (χ0v) is 19.4. The van der Waals surface area contributed by atoms with Crippen LogP contribution in [0.25, 0.3) is 22.1 Å².